The maximum atomic E-state index is 14.1. The molecule has 0 unspecified atom stereocenters. The van der Waals surface area contributed by atoms with Gasteiger partial charge in [-0.05, 0) is 78.1 Å². The molecular weight excluding hydrogens is 908 g/mol. The summed E-state index contributed by atoms with van der Waals surface area (Å²) in [6, 6.07) is 24.0. The van der Waals surface area contributed by atoms with Crippen molar-refractivity contribution in [2.24, 2.45) is 16.2 Å². The molecule has 2 heterocycles. The molecule has 7 rings (SSSR count). The molecule has 14 nitrogen and oxygen atoms in total. The van der Waals surface area contributed by atoms with Gasteiger partial charge in [-0.3, -0.25) is 19.2 Å². The number of pyridine rings is 1. The normalized spacial score (nSPS) is 21.4. The van der Waals surface area contributed by atoms with Crippen LogP contribution in [-0.2, 0) is 19.1 Å². The Kier molecular flexibility index (Phi) is 16.0. The van der Waals surface area contributed by atoms with Crippen LogP contribution in [0, 0.1) is 27.6 Å². The molecule has 3 aromatic carbocycles. The number of carbonyl (C=O) groups excluding carboxylic acids is 4. The Labute approximate surface area is 416 Å². The van der Waals surface area contributed by atoms with E-state index in [1.165, 1.54) is 36.1 Å². The van der Waals surface area contributed by atoms with Gasteiger partial charge in [0.05, 0.1) is 29.3 Å². The van der Waals surface area contributed by atoms with Gasteiger partial charge >= 0.3 is 0 Å². The van der Waals surface area contributed by atoms with Crippen molar-refractivity contribution < 1.29 is 38.5 Å². The van der Waals surface area contributed by atoms with E-state index in [9.17, 15) is 29.5 Å². The van der Waals surface area contributed by atoms with E-state index in [2.05, 4.69) is 79.0 Å². The van der Waals surface area contributed by atoms with Crippen molar-refractivity contribution in [3.8, 4) is 28.8 Å². The van der Waals surface area contributed by atoms with Crippen molar-refractivity contribution in [3.05, 3.63) is 112 Å². The number of aliphatic hydroxyl groups excluding tert-OH is 1. The molecule has 15 heteroatoms. The molecule has 0 radical (unpaired) electrons. The molecule has 3 aliphatic rings. The fraction of sp³-hybridized carbons (Fsp3) is 0.491. The third-order valence-electron chi connectivity index (χ3n) is 14.3. The van der Waals surface area contributed by atoms with Gasteiger partial charge in [0.15, 0.2) is 0 Å². The van der Waals surface area contributed by atoms with Crippen LogP contribution in [0.25, 0.3) is 11.1 Å². The first-order chi connectivity index (χ1) is 33.2. The summed E-state index contributed by atoms with van der Waals surface area (Å²) in [5.41, 5.74) is 3.35. The largest absolute Gasteiger partial charge is 0.489 e. The molecule has 3 fully saturated rings. The third-order valence-corrected chi connectivity index (χ3v) is 14.6. The molecule has 4 atom stereocenters. The number of ether oxygens (including phenoxy) is 3. The Morgan fingerprint density at radius 2 is 1.59 bits per heavy atom. The van der Waals surface area contributed by atoms with E-state index in [1.54, 1.807) is 42.6 Å². The van der Waals surface area contributed by atoms with Gasteiger partial charge in [-0.2, -0.15) is 5.26 Å². The third kappa shape index (κ3) is 11.8. The second kappa shape index (κ2) is 21.5. The highest BCUT2D eigenvalue weighted by molar-refractivity contribution is 6.31. The highest BCUT2D eigenvalue weighted by Gasteiger charge is 2.64. The van der Waals surface area contributed by atoms with Crippen molar-refractivity contribution in [2.75, 3.05) is 26.4 Å². The average molecular weight is 976 g/mol. The number of nitrogens with one attached hydrogen (secondary N) is 3. The maximum absolute atomic E-state index is 14.1. The van der Waals surface area contributed by atoms with Gasteiger partial charge in [0.1, 0.15) is 43.2 Å². The first-order valence-electron chi connectivity index (χ1n) is 24.3. The molecule has 70 heavy (non-hydrogen) atoms. The summed E-state index contributed by atoms with van der Waals surface area (Å²) in [4.78, 5) is 60.2. The smallest absolute Gasteiger partial charge is 0.251 e. The number of hydrogen-bond acceptors (Lipinski definition) is 10. The molecule has 0 bridgehead atoms. The van der Waals surface area contributed by atoms with Gasteiger partial charge in [-0.25, -0.2) is 4.98 Å². The summed E-state index contributed by atoms with van der Waals surface area (Å²) in [5, 5.41) is 29.3. The minimum Gasteiger partial charge on any atom is -0.489 e. The lowest BCUT2D eigenvalue weighted by Crippen LogP contribution is -2.74. The lowest BCUT2D eigenvalue weighted by molar-refractivity contribution is -0.164. The Hall–Kier alpha value is -6.01. The number of benzene rings is 3. The van der Waals surface area contributed by atoms with Crippen molar-refractivity contribution in [3.63, 3.8) is 0 Å². The Morgan fingerprint density at radius 1 is 0.914 bits per heavy atom. The summed E-state index contributed by atoms with van der Waals surface area (Å²) in [6.45, 7) is 15.5. The van der Waals surface area contributed by atoms with Gasteiger partial charge in [0, 0.05) is 59.3 Å². The summed E-state index contributed by atoms with van der Waals surface area (Å²) < 4.78 is 17.7. The van der Waals surface area contributed by atoms with E-state index in [1.807, 2.05) is 45.9 Å². The summed E-state index contributed by atoms with van der Waals surface area (Å²) in [6.07, 6.45) is 5.60. The molecule has 2 saturated carbocycles. The quantitative estimate of drug-likeness (QED) is 0.0749. The number of halogens is 1. The zero-order valence-corrected chi connectivity index (χ0v) is 42.3. The molecule has 1 aromatic heterocycles. The van der Waals surface area contributed by atoms with Crippen molar-refractivity contribution in [2.45, 2.75) is 130 Å². The maximum Gasteiger partial charge on any atom is 0.251 e. The SMILES string of the molecule is C[C@H](NC(=O)[C@@H]1C[C@@H](O)CN1C(=O)[C@@H](NC(=O)COCCOc1ccc(-c2ccc(C(=O)N[C@H]3C(C)(C)[C@H](Oc4ccc(C#N)c(Cl)c4)C3(C)C)cc2)cn1)C(C)(C)C)c1ccc(C2CCCC2)cc1. The minimum atomic E-state index is -0.984. The Bertz CT molecular complexity index is 2530. The number of aromatic nitrogens is 1. The molecule has 4 N–H and O–H groups in total. The lowest BCUT2D eigenvalue weighted by atomic mass is 9.49. The van der Waals surface area contributed by atoms with Gasteiger partial charge in [-0.15, -0.1) is 0 Å². The summed E-state index contributed by atoms with van der Waals surface area (Å²) in [7, 11) is 0. The fourth-order valence-electron chi connectivity index (χ4n) is 10.7. The van der Waals surface area contributed by atoms with Crippen LogP contribution in [0.1, 0.15) is 127 Å². The predicted octanol–water partition coefficient (Wildman–Crippen LogP) is 8.31. The number of nitrogens with zero attached hydrogens (tertiary/aromatic N) is 3. The monoisotopic (exact) mass is 974 g/mol. The molecule has 2 aliphatic carbocycles. The first kappa shape index (κ1) is 51.8. The number of β-amino-alcohol motifs (C(OH)–C–C–N with tert-alkyl or cyclic N) is 1. The summed E-state index contributed by atoms with van der Waals surface area (Å²) in [5.74, 6) is 0.0230. The number of amides is 4. The molecule has 372 valence electrons. The minimum absolute atomic E-state index is 0.0189. The average Bonchev–Trinajstić information content (AvgIpc) is 4.02. The highest BCUT2D eigenvalue weighted by Crippen LogP contribution is 2.55. The molecule has 4 aromatic rings. The lowest BCUT2D eigenvalue weighted by Gasteiger charge is -2.63. The number of likely N-dealkylation sites (tertiary alicyclic amines) is 1. The van der Waals surface area contributed by atoms with E-state index < -0.39 is 46.2 Å². The van der Waals surface area contributed by atoms with Crippen molar-refractivity contribution in [1.82, 2.24) is 25.8 Å². The second-order valence-corrected chi connectivity index (χ2v) is 21.7. The van der Waals surface area contributed by atoms with Crippen LogP contribution >= 0.6 is 11.6 Å². The van der Waals surface area contributed by atoms with E-state index in [4.69, 9.17) is 25.8 Å². The Morgan fingerprint density at radius 3 is 2.20 bits per heavy atom. The highest BCUT2D eigenvalue weighted by atomic mass is 35.5. The summed E-state index contributed by atoms with van der Waals surface area (Å²) >= 11 is 6.25. The second-order valence-electron chi connectivity index (χ2n) is 21.3. The molecule has 4 amide bonds. The van der Waals surface area contributed by atoms with Gasteiger partial charge < -0.3 is 40.2 Å². The van der Waals surface area contributed by atoms with Crippen molar-refractivity contribution >= 4 is 35.2 Å². The zero-order valence-electron chi connectivity index (χ0n) is 41.5. The topological polar surface area (TPSA) is 192 Å². The zero-order chi connectivity index (χ0) is 50.5. The van der Waals surface area contributed by atoms with E-state index in [0.717, 1.165) is 16.7 Å². The molecule has 1 aliphatic heterocycles. The number of hydrogen-bond donors (Lipinski definition) is 4. The van der Waals surface area contributed by atoms with Crippen molar-refractivity contribution in [1.29, 1.82) is 5.26 Å². The number of aliphatic hydroxyl groups is 1. The number of rotatable bonds is 17. The van der Waals surface area contributed by atoms with Crippen LogP contribution in [0.2, 0.25) is 5.02 Å². The van der Waals surface area contributed by atoms with E-state index >= 15 is 0 Å². The van der Waals surface area contributed by atoms with Gasteiger partial charge in [0.25, 0.3) is 5.91 Å². The van der Waals surface area contributed by atoms with E-state index in [0.29, 0.717) is 33.7 Å². The van der Waals surface area contributed by atoms with E-state index in [-0.39, 0.29) is 62.8 Å². The van der Waals surface area contributed by atoms with Gasteiger partial charge in [-0.1, -0.05) is 109 Å². The molecule has 0 spiro atoms. The van der Waals surface area contributed by atoms with Crippen LogP contribution in [-0.4, -0.2) is 95.3 Å². The molecule has 1 saturated heterocycles. The molecular formula is C55H67ClN6O8. The predicted molar refractivity (Wildman–Crippen MR) is 267 cm³/mol. The van der Waals surface area contributed by atoms with Crippen LogP contribution in [0.3, 0.4) is 0 Å². The number of nitriles is 1. The van der Waals surface area contributed by atoms with Crippen LogP contribution in [0.5, 0.6) is 11.6 Å². The Balaban J connectivity index is 0.843. The number of carbonyl (C=O) groups is 4. The fourth-order valence-corrected chi connectivity index (χ4v) is 10.9. The first-order valence-corrected chi connectivity index (χ1v) is 24.7. The van der Waals surface area contributed by atoms with Gasteiger partial charge in [0.2, 0.25) is 23.6 Å². The van der Waals surface area contributed by atoms with Crippen LogP contribution in [0.15, 0.2) is 85.1 Å². The van der Waals surface area contributed by atoms with Crippen LogP contribution in [0.4, 0.5) is 0 Å². The standard InChI is InChI=1S/C55H67ClN6O8/c1-33(34-13-15-36(16-14-34)35-11-9-10-12-35)59-49(66)44-27-41(63)31-62(44)50(67)47(53(2,3)4)60-45(64)32-68-25-26-69-46-24-22-40(30-58-46)37-17-19-38(20-18-37)48(65)61-51-54(5,6)52(55(51,7)8)70-42-23-21-39(29-57)43(56)28-42/h13-24,28,30,33,35,41,44,47,51-52,63H,9-12,25-27,31-32H2,1-8H3,(H,59,66)(H,60,64)(H,61,65)/t33-,41+,44-,47+,51-,52-/m0/s1. The van der Waals surface area contributed by atoms with Crippen LogP contribution < -0.4 is 25.4 Å².